The van der Waals surface area contributed by atoms with E-state index in [1.54, 1.807) is 13.1 Å². The molecular formula is C6H16O2PtSi2. The molecule has 0 spiro atoms. The fourth-order valence-electron chi connectivity index (χ4n) is 0.685. The Morgan fingerprint density at radius 1 is 1.27 bits per heavy atom. The molecule has 0 atom stereocenters. The molecule has 0 unspecified atom stereocenters. The van der Waals surface area contributed by atoms with Gasteiger partial charge in [0.2, 0.25) is 0 Å². The maximum Gasteiger partial charge on any atom is 0.318 e. The summed E-state index contributed by atoms with van der Waals surface area (Å²) in [6.45, 7) is 11.2. The molecule has 0 aliphatic rings. The average Bonchev–Trinajstić information content (AvgIpc) is 1.60. The molecule has 5 heteroatoms. The van der Waals surface area contributed by atoms with Crippen LogP contribution < -0.4 is 0 Å². The second-order valence-corrected chi connectivity index (χ2v) is 10.7. The number of hydrogen-bond acceptors (Lipinski definition) is 2. The van der Waals surface area contributed by atoms with Gasteiger partial charge in [0.1, 0.15) is 0 Å². The fourth-order valence-corrected chi connectivity index (χ4v) is 6.17. The van der Waals surface area contributed by atoms with E-state index in [1.165, 1.54) is 0 Å². The predicted octanol–water partition coefficient (Wildman–Crippen LogP) is 1.62. The Labute approximate surface area is 85.3 Å². The molecule has 2 nitrogen and oxygen atoms in total. The summed E-state index contributed by atoms with van der Waals surface area (Å²) in [6.07, 6.45) is 0. The quantitative estimate of drug-likeness (QED) is 0.764. The zero-order chi connectivity index (χ0) is 8.41. The Morgan fingerprint density at radius 3 is 1.73 bits per heavy atom. The molecule has 0 rings (SSSR count). The van der Waals surface area contributed by atoms with Crippen LogP contribution in [0, 0.1) is 0 Å². The van der Waals surface area contributed by atoms with Crippen LogP contribution in [0.4, 0.5) is 0 Å². The summed E-state index contributed by atoms with van der Waals surface area (Å²) in [7, 11) is -4.06. The Bertz CT molecular complexity index is 131. The third-order valence-corrected chi connectivity index (χ3v) is 6.09. The number of rotatable bonds is 3. The summed E-state index contributed by atoms with van der Waals surface area (Å²) in [4.78, 5) is 9.39. The minimum atomic E-state index is -2.32. The Hall–Kier alpha value is 0.782. The van der Waals surface area contributed by atoms with Gasteiger partial charge in [-0.15, -0.1) is 6.58 Å². The van der Waals surface area contributed by atoms with Crippen LogP contribution in [0.25, 0.3) is 0 Å². The summed E-state index contributed by atoms with van der Waals surface area (Å²) in [5.41, 5.74) is 1.83. The van der Waals surface area contributed by atoms with Crippen LogP contribution in [-0.2, 0) is 25.2 Å². The Kier molecular flexibility index (Phi) is 6.14. The van der Waals surface area contributed by atoms with Crippen molar-refractivity contribution >= 4 is 16.9 Å². The van der Waals surface area contributed by atoms with Crippen molar-refractivity contribution in [1.29, 1.82) is 0 Å². The van der Waals surface area contributed by atoms with Crippen LogP contribution in [0.3, 0.4) is 0 Å². The van der Waals surface area contributed by atoms with Gasteiger partial charge < -0.3 is 8.91 Å². The van der Waals surface area contributed by atoms with Gasteiger partial charge in [-0.1, -0.05) is 5.70 Å². The maximum absolute atomic E-state index is 9.39. The van der Waals surface area contributed by atoms with Crippen LogP contribution in [0.1, 0.15) is 0 Å². The van der Waals surface area contributed by atoms with Gasteiger partial charge in [0.25, 0.3) is 0 Å². The molecular weight excluding hydrogens is 355 g/mol. The largest absolute Gasteiger partial charge is 0.433 e. The van der Waals surface area contributed by atoms with Gasteiger partial charge in [-0.3, -0.25) is 0 Å². The minimum Gasteiger partial charge on any atom is -0.433 e. The summed E-state index contributed by atoms with van der Waals surface area (Å²) < 4.78 is 5.49. The van der Waals surface area contributed by atoms with Gasteiger partial charge in [-0.2, -0.15) is 0 Å². The minimum absolute atomic E-state index is 0. The average molecular weight is 371 g/mol. The second-order valence-electron chi connectivity index (χ2n) is 3.36. The van der Waals surface area contributed by atoms with Crippen LogP contribution in [0.2, 0.25) is 26.2 Å². The summed E-state index contributed by atoms with van der Waals surface area (Å²) >= 11 is 0. The van der Waals surface area contributed by atoms with E-state index in [9.17, 15) is 4.80 Å². The molecule has 0 radical (unpaired) electrons. The summed E-state index contributed by atoms with van der Waals surface area (Å²) in [6, 6.07) is 0. The molecule has 0 aliphatic carbocycles. The van der Waals surface area contributed by atoms with E-state index in [4.69, 9.17) is 4.12 Å². The molecule has 0 saturated heterocycles. The first-order valence-corrected chi connectivity index (χ1v) is 9.17. The van der Waals surface area contributed by atoms with Crippen molar-refractivity contribution in [1.82, 2.24) is 0 Å². The molecule has 0 fully saturated rings. The molecule has 0 aromatic rings. The molecule has 0 heterocycles. The van der Waals surface area contributed by atoms with E-state index in [0.29, 0.717) is 0 Å². The van der Waals surface area contributed by atoms with Crippen molar-refractivity contribution in [3.63, 3.8) is 0 Å². The first-order chi connectivity index (χ1) is 4.27. The first-order valence-electron chi connectivity index (χ1n) is 3.33. The standard InChI is InChI=1S/C6H16O2Si2.Pt/c1-6-9(2,3)8-10(4,5)7;/h6-7H,1H2,2-5H3;. The third kappa shape index (κ3) is 8.69. The van der Waals surface area contributed by atoms with Crippen LogP contribution >= 0.6 is 0 Å². The van der Waals surface area contributed by atoms with E-state index in [2.05, 4.69) is 6.58 Å². The van der Waals surface area contributed by atoms with Gasteiger partial charge >= 0.3 is 8.56 Å². The molecule has 0 saturated carbocycles. The van der Waals surface area contributed by atoms with Crippen molar-refractivity contribution in [3.8, 4) is 0 Å². The molecule has 0 bridgehead atoms. The molecule has 1 N–H and O–H groups in total. The van der Waals surface area contributed by atoms with E-state index in [0.717, 1.165) is 0 Å². The second kappa shape index (κ2) is 4.72. The molecule has 11 heavy (non-hydrogen) atoms. The molecule has 70 valence electrons. The number of hydrogen-bond donors (Lipinski definition) is 1. The van der Waals surface area contributed by atoms with Gasteiger partial charge in [-0.05, 0) is 26.2 Å². The SMILES string of the molecule is C=C[Si](C)(C)O[Si](C)(C)O.[Pt]. The van der Waals surface area contributed by atoms with Crippen molar-refractivity contribution in [3.05, 3.63) is 12.3 Å². The summed E-state index contributed by atoms with van der Waals surface area (Å²) in [5.74, 6) is 0. The van der Waals surface area contributed by atoms with Crippen LogP contribution in [0.5, 0.6) is 0 Å². The smallest absolute Gasteiger partial charge is 0.318 e. The molecule has 0 aliphatic heterocycles. The van der Waals surface area contributed by atoms with Crippen molar-refractivity contribution in [2.75, 3.05) is 0 Å². The van der Waals surface area contributed by atoms with E-state index in [1.807, 2.05) is 18.8 Å². The topological polar surface area (TPSA) is 29.5 Å². The zero-order valence-electron chi connectivity index (χ0n) is 7.46. The normalized spacial score (nSPS) is 12.1. The molecule has 0 amide bonds. The molecule has 0 aromatic carbocycles. The van der Waals surface area contributed by atoms with E-state index in [-0.39, 0.29) is 21.1 Å². The predicted molar refractivity (Wildman–Crippen MR) is 48.5 cm³/mol. The van der Waals surface area contributed by atoms with E-state index < -0.39 is 16.9 Å². The van der Waals surface area contributed by atoms with Gasteiger partial charge in [0, 0.05) is 21.1 Å². The summed E-state index contributed by atoms with van der Waals surface area (Å²) in [5, 5.41) is 0. The zero-order valence-corrected chi connectivity index (χ0v) is 11.7. The fraction of sp³-hybridized carbons (Fsp3) is 0.667. The van der Waals surface area contributed by atoms with Gasteiger partial charge in [-0.25, -0.2) is 0 Å². The maximum atomic E-state index is 9.39. The van der Waals surface area contributed by atoms with Gasteiger partial charge in [0.15, 0.2) is 8.32 Å². The van der Waals surface area contributed by atoms with Crippen LogP contribution in [-0.4, -0.2) is 21.7 Å². The van der Waals surface area contributed by atoms with E-state index >= 15 is 0 Å². The Balaban J connectivity index is 0. The molecule has 0 aromatic heterocycles. The van der Waals surface area contributed by atoms with Gasteiger partial charge in [0.05, 0.1) is 0 Å². The third-order valence-electron chi connectivity index (χ3n) is 1.00. The van der Waals surface area contributed by atoms with Crippen molar-refractivity contribution < 1.29 is 30.0 Å². The van der Waals surface area contributed by atoms with Crippen LogP contribution in [0.15, 0.2) is 12.3 Å². The first kappa shape index (κ1) is 14.3. The monoisotopic (exact) mass is 371 g/mol. The van der Waals surface area contributed by atoms with Crippen molar-refractivity contribution in [2.45, 2.75) is 26.2 Å². The Morgan fingerprint density at radius 2 is 1.64 bits per heavy atom. The van der Waals surface area contributed by atoms with Crippen molar-refractivity contribution in [2.24, 2.45) is 0 Å².